The average Bonchev–Trinajstić information content (AvgIpc) is 2.81. The Balaban J connectivity index is 1.83. The number of aliphatic carboxylic acids is 1. The first-order valence-electron chi connectivity index (χ1n) is 7.84. The lowest BCUT2D eigenvalue weighted by molar-refractivity contribution is -0.152. The van der Waals surface area contributed by atoms with E-state index in [4.69, 9.17) is 14.2 Å². The number of halogens is 3. The Kier molecular flexibility index (Phi) is 4.40. The van der Waals surface area contributed by atoms with Gasteiger partial charge in [0.1, 0.15) is 17.9 Å². The molecule has 3 rings (SSSR count). The van der Waals surface area contributed by atoms with Crippen LogP contribution in [0.1, 0.15) is 32.4 Å². The number of hydrogen-bond acceptors (Lipinski definition) is 5. The van der Waals surface area contributed by atoms with Crippen molar-refractivity contribution in [1.82, 2.24) is 4.98 Å². The maximum absolute atomic E-state index is 12.8. The van der Waals surface area contributed by atoms with Crippen molar-refractivity contribution in [3.8, 4) is 5.88 Å². The van der Waals surface area contributed by atoms with Gasteiger partial charge in [-0.15, -0.1) is 0 Å². The number of hydrogen-bond donors (Lipinski definition) is 1. The predicted octanol–water partition coefficient (Wildman–Crippen LogP) is 2.86. The normalized spacial score (nSPS) is 31.4. The zero-order valence-corrected chi connectivity index (χ0v) is 13.6. The number of carbonyl (C=O) groups is 1. The third kappa shape index (κ3) is 3.87. The maximum Gasteiger partial charge on any atom is 0.433 e. The Hall–Kier alpha value is -1.87. The highest BCUT2D eigenvalue weighted by molar-refractivity contribution is 5.70. The van der Waals surface area contributed by atoms with Gasteiger partial charge in [0.15, 0.2) is 5.79 Å². The lowest BCUT2D eigenvalue weighted by atomic mass is 9.83. The molecule has 2 aliphatic rings. The molecule has 2 fully saturated rings. The summed E-state index contributed by atoms with van der Waals surface area (Å²) >= 11 is 0. The van der Waals surface area contributed by atoms with Crippen molar-refractivity contribution in [2.75, 3.05) is 0 Å². The van der Waals surface area contributed by atoms with Crippen LogP contribution in [-0.2, 0) is 20.4 Å². The molecule has 1 unspecified atom stereocenters. The lowest BCUT2D eigenvalue weighted by Crippen LogP contribution is -2.47. The zero-order chi connectivity index (χ0) is 18.4. The van der Waals surface area contributed by atoms with Crippen LogP contribution in [-0.4, -0.2) is 40.2 Å². The molecule has 1 saturated heterocycles. The van der Waals surface area contributed by atoms with Gasteiger partial charge < -0.3 is 19.3 Å². The summed E-state index contributed by atoms with van der Waals surface area (Å²) in [6.07, 6.45) is -6.06. The molecule has 0 amide bonds. The molecule has 1 aliphatic heterocycles. The summed E-state index contributed by atoms with van der Waals surface area (Å²) in [5, 5.41) is 9.31. The highest BCUT2D eigenvalue weighted by atomic mass is 19.4. The van der Waals surface area contributed by atoms with Gasteiger partial charge in [0, 0.05) is 12.5 Å². The van der Waals surface area contributed by atoms with Crippen molar-refractivity contribution in [3.63, 3.8) is 0 Å². The Morgan fingerprint density at radius 2 is 2.04 bits per heavy atom. The van der Waals surface area contributed by atoms with Gasteiger partial charge >= 0.3 is 12.1 Å². The highest BCUT2D eigenvalue weighted by Crippen LogP contribution is 2.40. The third-order valence-corrected chi connectivity index (χ3v) is 4.26. The van der Waals surface area contributed by atoms with Crippen LogP contribution in [0.5, 0.6) is 5.88 Å². The molecule has 1 aliphatic carbocycles. The van der Waals surface area contributed by atoms with Gasteiger partial charge in [-0.2, -0.15) is 13.2 Å². The topological polar surface area (TPSA) is 77.9 Å². The molecule has 1 saturated carbocycles. The Bertz CT molecular complexity index is 663. The molecule has 0 radical (unpaired) electrons. The first-order valence-corrected chi connectivity index (χ1v) is 7.84. The number of pyridine rings is 1. The van der Waals surface area contributed by atoms with E-state index in [1.54, 1.807) is 13.8 Å². The number of aromatic nitrogens is 1. The number of nitrogens with zero attached hydrogens (tertiary/aromatic N) is 1. The van der Waals surface area contributed by atoms with Crippen molar-refractivity contribution in [2.24, 2.45) is 5.92 Å². The van der Waals surface area contributed by atoms with Crippen LogP contribution in [0.3, 0.4) is 0 Å². The van der Waals surface area contributed by atoms with Crippen LogP contribution in [0.2, 0.25) is 0 Å². The van der Waals surface area contributed by atoms with Gasteiger partial charge in [0.25, 0.3) is 0 Å². The number of carboxylic acids is 1. The summed E-state index contributed by atoms with van der Waals surface area (Å²) < 4.78 is 55.5. The molecule has 1 aromatic rings. The Morgan fingerprint density at radius 3 is 2.68 bits per heavy atom. The molecule has 9 heteroatoms. The number of alkyl halides is 3. The summed E-state index contributed by atoms with van der Waals surface area (Å²) in [4.78, 5) is 14.8. The molecule has 1 N–H and O–H groups in total. The first kappa shape index (κ1) is 17.9. The fourth-order valence-corrected chi connectivity index (χ4v) is 3.26. The molecule has 2 heterocycles. The summed E-state index contributed by atoms with van der Waals surface area (Å²) in [7, 11) is 0. The monoisotopic (exact) mass is 361 g/mol. The van der Waals surface area contributed by atoms with Gasteiger partial charge in [-0.1, -0.05) is 6.07 Å². The highest BCUT2D eigenvalue weighted by Gasteiger charge is 2.51. The van der Waals surface area contributed by atoms with E-state index < -0.39 is 47.9 Å². The molecule has 0 spiro atoms. The minimum absolute atomic E-state index is 0.105. The van der Waals surface area contributed by atoms with Gasteiger partial charge in [-0.3, -0.25) is 4.79 Å². The summed E-state index contributed by atoms with van der Waals surface area (Å²) in [6, 6.07) is 3.33. The predicted molar refractivity (Wildman–Crippen MR) is 77.8 cm³/mol. The molecule has 0 aromatic carbocycles. The molecule has 1 aromatic heterocycles. The molecule has 138 valence electrons. The van der Waals surface area contributed by atoms with E-state index in [-0.39, 0.29) is 18.7 Å². The maximum atomic E-state index is 12.8. The van der Waals surface area contributed by atoms with Gasteiger partial charge in [0.05, 0.1) is 12.0 Å². The Labute approximate surface area is 141 Å². The van der Waals surface area contributed by atoms with Crippen molar-refractivity contribution < 1.29 is 37.3 Å². The Morgan fingerprint density at radius 1 is 1.32 bits per heavy atom. The minimum Gasteiger partial charge on any atom is -0.481 e. The number of carboxylic acid groups (broad SMARTS) is 1. The number of ether oxygens (including phenoxy) is 3. The van der Waals surface area contributed by atoms with Crippen molar-refractivity contribution in [2.45, 2.75) is 57.0 Å². The van der Waals surface area contributed by atoms with E-state index in [2.05, 4.69) is 4.98 Å². The van der Waals surface area contributed by atoms with E-state index in [9.17, 15) is 23.1 Å². The largest absolute Gasteiger partial charge is 0.481 e. The van der Waals surface area contributed by atoms with Crippen molar-refractivity contribution in [1.29, 1.82) is 0 Å². The van der Waals surface area contributed by atoms with Gasteiger partial charge in [0.2, 0.25) is 5.88 Å². The van der Waals surface area contributed by atoms with Crippen LogP contribution in [0.15, 0.2) is 18.2 Å². The summed E-state index contributed by atoms with van der Waals surface area (Å²) in [6.45, 7) is 3.39. The van der Waals surface area contributed by atoms with Crippen LogP contribution >= 0.6 is 0 Å². The molecule has 25 heavy (non-hydrogen) atoms. The first-order chi connectivity index (χ1) is 11.5. The van der Waals surface area contributed by atoms with Crippen LogP contribution in [0.4, 0.5) is 13.2 Å². The average molecular weight is 361 g/mol. The summed E-state index contributed by atoms with van der Waals surface area (Å²) in [5.74, 6) is -2.86. The lowest BCUT2D eigenvalue weighted by Gasteiger charge is -2.34. The fourth-order valence-electron chi connectivity index (χ4n) is 3.26. The SMILES string of the molecule is CC1(C)O[C@@H]2[C@@H](Oc3cccc(C(F)(F)F)n3)CC(C(=O)O)C[C@@H]2O1. The fraction of sp³-hybridized carbons (Fsp3) is 0.625. The second-order valence-electron chi connectivity index (χ2n) is 6.66. The number of rotatable bonds is 3. The zero-order valence-electron chi connectivity index (χ0n) is 13.6. The van der Waals surface area contributed by atoms with Crippen LogP contribution in [0.25, 0.3) is 0 Å². The third-order valence-electron chi connectivity index (χ3n) is 4.26. The van der Waals surface area contributed by atoms with Crippen LogP contribution < -0.4 is 4.74 Å². The van der Waals surface area contributed by atoms with Crippen molar-refractivity contribution in [3.05, 3.63) is 23.9 Å². The van der Waals surface area contributed by atoms with E-state index in [1.807, 2.05) is 0 Å². The molecular formula is C16H18F3NO5. The standard InChI is InChI=1S/C16H18F3NO5/c1-15(2)24-10-7-8(14(21)22)6-9(13(10)25-15)23-12-5-3-4-11(20-12)16(17,18)19/h3-5,8-10,13H,6-7H2,1-2H3,(H,21,22)/t8?,9-,10-,13+/m0/s1. The molecule has 4 atom stereocenters. The number of fused-ring (bicyclic) bond motifs is 1. The van der Waals surface area contributed by atoms with E-state index in [0.717, 1.165) is 6.07 Å². The minimum atomic E-state index is -4.59. The molecule has 6 nitrogen and oxygen atoms in total. The molecular weight excluding hydrogens is 343 g/mol. The van der Waals surface area contributed by atoms with E-state index in [1.165, 1.54) is 12.1 Å². The second-order valence-corrected chi connectivity index (χ2v) is 6.66. The second kappa shape index (κ2) is 6.14. The van der Waals surface area contributed by atoms with E-state index >= 15 is 0 Å². The van der Waals surface area contributed by atoms with Crippen LogP contribution in [0, 0.1) is 5.92 Å². The smallest absolute Gasteiger partial charge is 0.433 e. The van der Waals surface area contributed by atoms with Gasteiger partial charge in [-0.05, 0) is 26.3 Å². The van der Waals surface area contributed by atoms with E-state index in [0.29, 0.717) is 0 Å². The van der Waals surface area contributed by atoms with Crippen molar-refractivity contribution >= 4 is 5.97 Å². The quantitative estimate of drug-likeness (QED) is 0.892. The van der Waals surface area contributed by atoms with Gasteiger partial charge in [-0.25, -0.2) is 4.98 Å². The molecule has 0 bridgehead atoms. The summed E-state index contributed by atoms with van der Waals surface area (Å²) in [5.41, 5.74) is -1.07.